The maximum atomic E-state index is 11.2. The molecule has 4 nitrogen and oxygen atoms in total. The summed E-state index contributed by atoms with van der Waals surface area (Å²) in [6.07, 6.45) is 3.39. The van der Waals surface area contributed by atoms with Gasteiger partial charge < -0.3 is 10.2 Å². The fraction of sp³-hybridized carbons (Fsp3) is 0.909. The molecule has 1 aliphatic heterocycles. The number of hydrogen-bond acceptors (Lipinski definition) is 3. The Bertz CT molecular complexity index is 256. The summed E-state index contributed by atoms with van der Waals surface area (Å²) in [4.78, 5) is 13.2. The largest absolute Gasteiger partial charge is 0.480 e. The molecule has 1 heterocycles. The first kappa shape index (κ1) is 10.9. The third kappa shape index (κ3) is 1.88. The fourth-order valence-corrected chi connectivity index (χ4v) is 3.04. The van der Waals surface area contributed by atoms with Crippen LogP contribution in [0.25, 0.3) is 0 Å². The van der Waals surface area contributed by atoms with E-state index in [4.69, 9.17) is 0 Å². The van der Waals surface area contributed by atoms with E-state index in [1.165, 1.54) is 0 Å². The van der Waals surface area contributed by atoms with Crippen molar-refractivity contribution < 1.29 is 15.0 Å². The minimum Gasteiger partial charge on any atom is -0.480 e. The van der Waals surface area contributed by atoms with Crippen molar-refractivity contribution in [3.8, 4) is 0 Å². The molecule has 86 valence electrons. The zero-order chi connectivity index (χ0) is 11.0. The smallest absolute Gasteiger partial charge is 0.321 e. The highest BCUT2D eigenvalue weighted by atomic mass is 16.4. The SMILES string of the molecule is CC1CCN(C2CCCC2O)C1C(=O)O. The summed E-state index contributed by atoms with van der Waals surface area (Å²) in [6, 6.07) is -0.307. The van der Waals surface area contributed by atoms with Gasteiger partial charge in [0.05, 0.1) is 6.10 Å². The molecule has 2 aliphatic rings. The van der Waals surface area contributed by atoms with E-state index in [0.717, 1.165) is 32.2 Å². The summed E-state index contributed by atoms with van der Waals surface area (Å²) >= 11 is 0. The summed E-state index contributed by atoms with van der Waals surface area (Å²) in [7, 11) is 0. The molecule has 4 heteroatoms. The molecule has 1 saturated heterocycles. The molecular formula is C11H19NO3. The Labute approximate surface area is 89.9 Å². The average molecular weight is 213 g/mol. The number of aliphatic carboxylic acids is 1. The monoisotopic (exact) mass is 213 g/mol. The van der Waals surface area contributed by atoms with Gasteiger partial charge in [0.25, 0.3) is 0 Å². The van der Waals surface area contributed by atoms with E-state index in [1.54, 1.807) is 0 Å². The Kier molecular flexibility index (Phi) is 2.98. The number of carbonyl (C=O) groups is 1. The van der Waals surface area contributed by atoms with E-state index < -0.39 is 5.97 Å². The molecule has 4 unspecified atom stereocenters. The molecule has 0 bridgehead atoms. The van der Waals surface area contributed by atoms with Gasteiger partial charge in [-0.2, -0.15) is 0 Å². The lowest BCUT2D eigenvalue weighted by Gasteiger charge is -2.31. The van der Waals surface area contributed by atoms with Crippen LogP contribution in [0, 0.1) is 5.92 Å². The van der Waals surface area contributed by atoms with Crippen molar-refractivity contribution in [1.29, 1.82) is 0 Å². The Morgan fingerprint density at radius 3 is 2.60 bits per heavy atom. The van der Waals surface area contributed by atoms with Crippen LogP contribution in [0.2, 0.25) is 0 Å². The van der Waals surface area contributed by atoms with Crippen LogP contribution in [0.5, 0.6) is 0 Å². The molecule has 0 aromatic carbocycles. The molecule has 2 N–H and O–H groups in total. The van der Waals surface area contributed by atoms with E-state index in [2.05, 4.69) is 0 Å². The number of rotatable bonds is 2. The maximum absolute atomic E-state index is 11.2. The Balaban J connectivity index is 2.11. The third-order valence-electron chi connectivity index (χ3n) is 3.86. The van der Waals surface area contributed by atoms with Crippen LogP contribution >= 0.6 is 0 Å². The quantitative estimate of drug-likeness (QED) is 0.708. The van der Waals surface area contributed by atoms with Crippen LogP contribution < -0.4 is 0 Å². The molecular weight excluding hydrogens is 194 g/mol. The van der Waals surface area contributed by atoms with Gasteiger partial charge in [0, 0.05) is 6.04 Å². The Morgan fingerprint density at radius 1 is 1.33 bits per heavy atom. The standard InChI is InChI=1S/C11H19NO3/c1-7-5-6-12(10(7)11(14)15)8-3-2-4-9(8)13/h7-10,13H,2-6H2,1H3,(H,14,15). The van der Waals surface area contributed by atoms with Crippen molar-refractivity contribution in [2.75, 3.05) is 6.54 Å². The van der Waals surface area contributed by atoms with Gasteiger partial charge >= 0.3 is 5.97 Å². The second-order valence-electron chi connectivity index (χ2n) is 4.85. The number of aliphatic hydroxyl groups is 1. The number of likely N-dealkylation sites (tertiary alicyclic amines) is 1. The molecule has 0 aromatic heterocycles. The summed E-state index contributed by atoms with van der Waals surface area (Å²) in [5.74, 6) is -0.533. The molecule has 0 spiro atoms. The summed E-state index contributed by atoms with van der Waals surface area (Å²) in [6.45, 7) is 2.81. The van der Waals surface area contributed by atoms with E-state index in [9.17, 15) is 15.0 Å². The predicted molar refractivity (Wildman–Crippen MR) is 55.6 cm³/mol. The topological polar surface area (TPSA) is 60.8 Å². The average Bonchev–Trinajstić information content (AvgIpc) is 2.71. The van der Waals surface area contributed by atoms with Gasteiger partial charge in [-0.3, -0.25) is 9.69 Å². The lowest BCUT2D eigenvalue weighted by Crippen LogP contribution is -2.48. The van der Waals surface area contributed by atoms with Gasteiger partial charge in [-0.25, -0.2) is 0 Å². The van der Waals surface area contributed by atoms with Crippen LogP contribution in [0.1, 0.15) is 32.6 Å². The number of aliphatic hydroxyl groups excluding tert-OH is 1. The van der Waals surface area contributed by atoms with Gasteiger partial charge in [0.1, 0.15) is 6.04 Å². The van der Waals surface area contributed by atoms with Crippen molar-refractivity contribution in [3.05, 3.63) is 0 Å². The maximum Gasteiger partial charge on any atom is 0.321 e. The first-order chi connectivity index (χ1) is 7.11. The van der Waals surface area contributed by atoms with E-state index >= 15 is 0 Å². The molecule has 0 radical (unpaired) electrons. The minimum atomic E-state index is -0.737. The molecule has 15 heavy (non-hydrogen) atoms. The summed E-state index contributed by atoms with van der Waals surface area (Å²) in [5, 5.41) is 19.0. The van der Waals surface area contributed by atoms with Gasteiger partial charge in [0.2, 0.25) is 0 Å². The first-order valence-electron chi connectivity index (χ1n) is 5.78. The highest BCUT2D eigenvalue weighted by molar-refractivity contribution is 5.74. The number of hydrogen-bond donors (Lipinski definition) is 2. The van der Waals surface area contributed by atoms with E-state index in [1.807, 2.05) is 11.8 Å². The Hall–Kier alpha value is -0.610. The predicted octanol–water partition coefficient (Wildman–Crippen LogP) is 0.695. The van der Waals surface area contributed by atoms with Crippen LogP contribution in [-0.4, -0.2) is 45.8 Å². The van der Waals surface area contributed by atoms with Crippen LogP contribution in [0.3, 0.4) is 0 Å². The Morgan fingerprint density at radius 2 is 2.07 bits per heavy atom. The van der Waals surface area contributed by atoms with Crippen molar-refractivity contribution in [2.45, 2.75) is 50.8 Å². The molecule has 0 aromatic rings. The molecule has 1 aliphatic carbocycles. The summed E-state index contributed by atoms with van der Waals surface area (Å²) in [5.41, 5.74) is 0. The highest BCUT2D eigenvalue weighted by Gasteiger charge is 2.43. The second-order valence-corrected chi connectivity index (χ2v) is 4.85. The number of nitrogens with zero attached hydrogens (tertiary/aromatic N) is 1. The molecule has 1 saturated carbocycles. The van der Waals surface area contributed by atoms with Crippen molar-refractivity contribution >= 4 is 5.97 Å². The zero-order valence-corrected chi connectivity index (χ0v) is 9.09. The van der Waals surface area contributed by atoms with Crippen molar-refractivity contribution in [3.63, 3.8) is 0 Å². The zero-order valence-electron chi connectivity index (χ0n) is 9.09. The number of carboxylic acids is 1. The lowest BCUT2D eigenvalue weighted by molar-refractivity contribution is -0.144. The van der Waals surface area contributed by atoms with Gasteiger partial charge in [-0.1, -0.05) is 6.92 Å². The molecule has 2 fully saturated rings. The third-order valence-corrected chi connectivity index (χ3v) is 3.86. The van der Waals surface area contributed by atoms with Crippen molar-refractivity contribution in [2.24, 2.45) is 5.92 Å². The van der Waals surface area contributed by atoms with E-state index in [0.29, 0.717) is 0 Å². The second kappa shape index (κ2) is 4.10. The normalized spacial score (nSPS) is 42.3. The lowest BCUT2D eigenvalue weighted by atomic mass is 10.0. The first-order valence-corrected chi connectivity index (χ1v) is 5.78. The molecule has 4 atom stereocenters. The van der Waals surface area contributed by atoms with E-state index in [-0.39, 0.29) is 24.1 Å². The van der Waals surface area contributed by atoms with Gasteiger partial charge in [0.15, 0.2) is 0 Å². The number of carboxylic acid groups (broad SMARTS) is 1. The minimum absolute atomic E-state index is 0.0797. The van der Waals surface area contributed by atoms with Crippen LogP contribution in [0.15, 0.2) is 0 Å². The highest BCUT2D eigenvalue weighted by Crippen LogP contribution is 2.33. The van der Waals surface area contributed by atoms with Gasteiger partial charge in [-0.15, -0.1) is 0 Å². The fourth-order valence-electron chi connectivity index (χ4n) is 3.04. The summed E-state index contributed by atoms with van der Waals surface area (Å²) < 4.78 is 0. The van der Waals surface area contributed by atoms with Crippen LogP contribution in [0.4, 0.5) is 0 Å². The van der Waals surface area contributed by atoms with Crippen molar-refractivity contribution in [1.82, 2.24) is 4.90 Å². The van der Waals surface area contributed by atoms with Crippen LogP contribution in [-0.2, 0) is 4.79 Å². The van der Waals surface area contributed by atoms with Gasteiger partial charge in [-0.05, 0) is 38.1 Å². The molecule has 2 rings (SSSR count). The molecule has 0 amide bonds.